The van der Waals surface area contributed by atoms with Crippen LogP contribution in [0.3, 0.4) is 0 Å². The maximum absolute atomic E-state index is 12.6. The predicted octanol–water partition coefficient (Wildman–Crippen LogP) is 2.46. The average Bonchev–Trinajstić information content (AvgIpc) is 2.98. The molecule has 2 aromatic carbocycles. The zero-order chi connectivity index (χ0) is 20.3. The molecule has 0 radical (unpaired) electrons. The van der Waals surface area contributed by atoms with Crippen molar-refractivity contribution >= 4 is 43.2 Å². The molecule has 0 N–H and O–H groups in total. The minimum absolute atomic E-state index is 0.00104. The fourth-order valence-electron chi connectivity index (χ4n) is 2.48. The standard InChI is InChI=1S/C17H15N3O6S2/c1-2-26-16(21)11-19-14-9-8-12(20(22)23)10-15(14)27-17(19)18-28(24,25)13-6-4-3-5-7-13/h3-10H,2,11H2,1H3/b18-17-. The number of nitro benzene ring substituents is 1. The fraction of sp³-hybridized carbons (Fsp3) is 0.176. The molecule has 0 saturated carbocycles. The summed E-state index contributed by atoms with van der Waals surface area (Å²) < 4.78 is 35.9. The number of rotatable bonds is 6. The van der Waals surface area contributed by atoms with Gasteiger partial charge in [0, 0.05) is 12.1 Å². The number of ether oxygens (including phenoxy) is 1. The Labute approximate surface area is 163 Å². The minimum atomic E-state index is -4.03. The molecule has 3 rings (SSSR count). The Morgan fingerprint density at radius 1 is 1.25 bits per heavy atom. The van der Waals surface area contributed by atoms with Gasteiger partial charge < -0.3 is 9.30 Å². The molecule has 1 aromatic heterocycles. The van der Waals surface area contributed by atoms with Crippen LogP contribution in [0.4, 0.5) is 5.69 Å². The summed E-state index contributed by atoms with van der Waals surface area (Å²) >= 11 is 0.942. The van der Waals surface area contributed by atoms with Gasteiger partial charge in [0.15, 0.2) is 0 Å². The first-order valence-electron chi connectivity index (χ1n) is 8.11. The van der Waals surface area contributed by atoms with Crippen LogP contribution in [-0.2, 0) is 26.1 Å². The molecule has 9 nitrogen and oxygen atoms in total. The van der Waals surface area contributed by atoms with Gasteiger partial charge in [-0.3, -0.25) is 14.9 Å². The van der Waals surface area contributed by atoms with Crippen LogP contribution >= 0.6 is 11.3 Å². The smallest absolute Gasteiger partial charge is 0.326 e. The summed E-state index contributed by atoms with van der Waals surface area (Å²) in [5.41, 5.74) is 0.306. The number of thiazole rings is 1. The van der Waals surface area contributed by atoms with E-state index >= 15 is 0 Å². The number of hydrogen-bond acceptors (Lipinski definition) is 7. The topological polar surface area (TPSA) is 121 Å². The van der Waals surface area contributed by atoms with E-state index in [1.165, 1.54) is 34.9 Å². The van der Waals surface area contributed by atoms with E-state index in [-0.39, 0.29) is 28.5 Å². The van der Waals surface area contributed by atoms with Gasteiger partial charge in [-0.05, 0) is 25.1 Å². The molecule has 0 spiro atoms. The van der Waals surface area contributed by atoms with Crippen molar-refractivity contribution in [2.24, 2.45) is 4.40 Å². The third kappa shape index (κ3) is 4.10. The molecular formula is C17H15N3O6S2. The van der Waals surface area contributed by atoms with Gasteiger partial charge in [0.2, 0.25) is 4.80 Å². The number of nitrogens with zero attached hydrogens (tertiary/aromatic N) is 3. The first-order valence-corrected chi connectivity index (χ1v) is 10.4. The molecule has 1 heterocycles. The second kappa shape index (κ2) is 7.90. The number of non-ortho nitro benzene ring substituents is 1. The Hall–Kier alpha value is -3.05. The van der Waals surface area contributed by atoms with Gasteiger partial charge in [-0.25, -0.2) is 0 Å². The third-order valence-corrected chi connectivity index (χ3v) is 6.15. The van der Waals surface area contributed by atoms with Gasteiger partial charge >= 0.3 is 5.97 Å². The lowest BCUT2D eigenvalue weighted by molar-refractivity contribution is -0.384. The molecule has 0 fully saturated rings. The van der Waals surface area contributed by atoms with E-state index < -0.39 is 20.9 Å². The van der Waals surface area contributed by atoms with Gasteiger partial charge in [0.25, 0.3) is 15.7 Å². The van der Waals surface area contributed by atoms with E-state index in [0.29, 0.717) is 10.2 Å². The second-order valence-corrected chi connectivity index (χ2v) is 8.18. The molecule has 0 aliphatic carbocycles. The van der Waals surface area contributed by atoms with Crippen LogP contribution in [0.25, 0.3) is 10.2 Å². The summed E-state index contributed by atoms with van der Waals surface area (Å²) in [6.45, 7) is 1.55. The van der Waals surface area contributed by atoms with Crippen molar-refractivity contribution in [1.29, 1.82) is 0 Å². The number of aromatic nitrogens is 1. The quantitative estimate of drug-likeness (QED) is 0.342. The lowest BCUT2D eigenvalue weighted by atomic mass is 10.3. The molecule has 0 atom stereocenters. The Morgan fingerprint density at radius 2 is 1.96 bits per heavy atom. The summed E-state index contributed by atoms with van der Waals surface area (Å²) in [5.74, 6) is -0.570. The number of carbonyl (C=O) groups excluding carboxylic acids is 1. The van der Waals surface area contributed by atoms with Crippen LogP contribution in [0.2, 0.25) is 0 Å². The van der Waals surface area contributed by atoms with Crippen molar-refractivity contribution in [3.8, 4) is 0 Å². The largest absolute Gasteiger partial charge is 0.465 e. The second-order valence-electron chi connectivity index (χ2n) is 5.56. The number of hydrogen-bond donors (Lipinski definition) is 0. The highest BCUT2D eigenvalue weighted by Gasteiger charge is 2.18. The highest BCUT2D eigenvalue weighted by molar-refractivity contribution is 7.90. The molecule has 0 aliphatic heterocycles. The van der Waals surface area contributed by atoms with Crippen LogP contribution < -0.4 is 4.80 Å². The van der Waals surface area contributed by atoms with E-state index in [9.17, 15) is 23.3 Å². The number of nitro groups is 1. The Kier molecular flexibility index (Phi) is 5.56. The molecule has 3 aromatic rings. The highest BCUT2D eigenvalue weighted by atomic mass is 32.2. The molecule has 0 saturated heterocycles. The molecule has 28 heavy (non-hydrogen) atoms. The average molecular weight is 421 g/mol. The van der Waals surface area contributed by atoms with Crippen molar-refractivity contribution in [3.63, 3.8) is 0 Å². The SMILES string of the molecule is CCOC(=O)Cn1/c(=N/S(=O)(=O)c2ccccc2)sc2cc([N+](=O)[O-])ccc21. The lowest BCUT2D eigenvalue weighted by Crippen LogP contribution is -2.23. The number of benzene rings is 2. The first kappa shape index (κ1) is 19.7. The zero-order valence-corrected chi connectivity index (χ0v) is 16.3. The van der Waals surface area contributed by atoms with Crippen molar-refractivity contribution < 1.29 is 22.9 Å². The molecule has 0 aliphatic rings. The molecule has 0 bridgehead atoms. The number of carbonyl (C=O) groups is 1. The van der Waals surface area contributed by atoms with Crippen LogP contribution in [0.1, 0.15) is 6.92 Å². The maximum atomic E-state index is 12.6. The third-order valence-electron chi connectivity index (χ3n) is 3.71. The Balaban J connectivity index is 2.22. The van der Waals surface area contributed by atoms with E-state index in [2.05, 4.69) is 4.40 Å². The van der Waals surface area contributed by atoms with Gasteiger partial charge in [0.05, 0.1) is 26.6 Å². The molecule has 0 amide bonds. The lowest BCUT2D eigenvalue weighted by Gasteiger charge is -2.05. The Morgan fingerprint density at radius 3 is 2.61 bits per heavy atom. The molecule has 146 valence electrons. The molecule has 0 unspecified atom stereocenters. The van der Waals surface area contributed by atoms with E-state index in [1.54, 1.807) is 25.1 Å². The summed E-state index contributed by atoms with van der Waals surface area (Å²) in [5, 5.41) is 11.0. The van der Waals surface area contributed by atoms with Gasteiger partial charge in [-0.15, -0.1) is 4.40 Å². The Bertz CT molecular complexity index is 1210. The van der Waals surface area contributed by atoms with E-state index in [1.807, 2.05) is 0 Å². The van der Waals surface area contributed by atoms with Crippen molar-refractivity contribution in [1.82, 2.24) is 4.57 Å². The summed E-state index contributed by atoms with van der Waals surface area (Å²) in [7, 11) is -4.03. The van der Waals surface area contributed by atoms with Crippen LogP contribution in [0.15, 0.2) is 57.8 Å². The summed E-state index contributed by atoms with van der Waals surface area (Å²) in [4.78, 5) is 22.5. The number of fused-ring (bicyclic) bond motifs is 1. The molecule has 11 heteroatoms. The first-order chi connectivity index (χ1) is 13.3. The van der Waals surface area contributed by atoms with Crippen LogP contribution in [0, 0.1) is 10.1 Å². The van der Waals surface area contributed by atoms with Crippen molar-refractivity contribution in [3.05, 3.63) is 63.4 Å². The van der Waals surface area contributed by atoms with Gasteiger partial charge in [-0.2, -0.15) is 8.42 Å². The van der Waals surface area contributed by atoms with Gasteiger partial charge in [0.1, 0.15) is 6.54 Å². The minimum Gasteiger partial charge on any atom is -0.465 e. The predicted molar refractivity (Wildman–Crippen MR) is 102 cm³/mol. The van der Waals surface area contributed by atoms with Crippen molar-refractivity contribution in [2.75, 3.05) is 6.61 Å². The number of sulfonamides is 1. The normalized spacial score (nSPS) is 12.2. The fourth-order valence-corrected chi connectivity index (χ4v) is 4.77. The maximum Gasteiger partial charge on any atom is 0.326 e. The van der Waals surface area contributed by atoms with E-state index in [4.69, 9.17) is 4.74 Å². The highest BCUT2D eigenvalue weighted by Crippen LogP contribution is 2.24. The van der Waals surface area contributed by atoms with Crippen molar-refractivity contribution in [2.45, 2.75) is 18.4 Å². The monoisotopic (exact) mass is 421 g/mol. The summed E-state index contributed by atoms with van der Waals surface area (Å²) in [6, 6.07) is 11.7. The van der Waals surface area contributed by atoms with E-state index in [0.717, 1.165) is 11.3 Å². The molecular weight excluding hydrogens is 406 g/mol. The van der Waals surface area contributed by atoms with Gasteiger partial charge in [-0.1, -0.05) is 29.5 Å². The van der Waals surface area contributed by atoms with Crippen LogP contribution in [-0.4, -0.2) is 30.5 Å². The number of esters is 1. The zero-order valence-electron chi connectivity index (χ0n) is 14.6. The van der Waals surface area contributed by atoms with Crippen LogP contribution in [0.5, 0.6) is 0 Å². The summed E-state index contributed by atoms with van der Waals surface area (Å²) in [6.07, 6.45) is 0.